The van der Waals surface area contributed by atoms with Crippen molar-refractivity contribution in [1.82, 2.24) is 9.80 Å². The Labute approximate surface area is 212 Å². The summed E-state index contributed by atoms with van der Waals surface area (Å²) in [6.07, 6.45) is 3.06. The standard InChI is InChI=1S/C29H44N4O2/c1-7-9-17-33(21-27(35)31-29-24(5)15-11-16-25(29)6)19-12-18-32(8-2)20-26(34)30-28-22(3)13-10-14-23(28)4/h10-11,13-16H,7-9,12,17-21H2,1-6H3,(H,30,34)(H,31,35). The van der Waals surface area contributed by atoms with Crippen molar-refractivity contribution >= 4 is 23.2 Å². The lowest BCUT2D eigenvalue weighted by Crippen LogP contribution is -2.38. The molecule has 2 amide bonds. The van der Waals surface area contributed by atoms with Gasteiger partial charge in [-0.25, -0.2) is 0 Å². The summed E-state index contributed by atoms with van der Waals surface area (Å²) in [4.78, 5) is 29.9. The first kappa shape index (κ1) is 28.5. The van der Waals surface area contributed by atoms with Gasteiger partial charge < -0.3 is 10.6 Å². The van der Waals surface area contributed by atoms with E-state index in [0.29, 0.717) is 13.1 Å². The summed E-state index contributed by atoms with van der Waals surface area (Å²) < 4.78 is 0. The van der Waals surface area contributed by atoms with E-state index in [9.17, 15) is 9.59 Å². The molecule has 0 spiro atoms. The molecule has 2 aromatic carbocycles. The van der Waals surface area contributed by atoms with E-state index in [2.05, 4.69) is 34.3 Å². The van der Waals surface area contributed by atoms with Crippen LogP contribution in [0.2, 0.25) is 0 Å². The fourth-order valence-corrected chi connectivity index (χ4v) is 4.31. The van der Waals surface area contributed by atoms with E-state index in [1.165, 1.54) is 0 Å². The van der Waals surface area contributed by atoms with Gasteiger partial charge in [-0.15, -0.1) is 0 Å². The topological polar surface area (TPSA) is 64.7 Å². The molecule has 0 aliphatic heterocycles. The van der Waals surface area contributed by atoms with Crippen molar-refractivity contribution in [1.29, 1.82) is 0 Å². The molecule has 0 fully saturated rings. The second-order valence-corrected chi connectivity index (χ2v) is 9.48. The van der Waals surface area contributed by atoms with Crippen molar-refractivity contribution in [3.8, 4) is 0 Å². The number of nitrogens with zero attached hydrogens (tertiary/aromatic N) is 2. The van der Waals surface area contributed by atoms with Gasteiger partial charge in [0.25, 0.3) is 0 Å². The van der Waals surface area contributed by atoms with Crippen molar-refractivity contribution in [2.45, 2.75) is 60.8 Å². The number of nitrogens with one attached hydrogen (secondary N) is 2. The summed E-state index contributed by atoms with van der Waals surface area (Å²) in [5.74, 6) is 0.0406. The van der Waals surface area contributed by atoms with Crippen LogP contribution in [-0.4, -0.2) is 60.9 Å². The molecule has 0 aromatic heterocycles. The van der Waals surface area contributed by atoms with Gasteiger partial charge in [-0.3, -0.25) is 19.4 Å². The first-order chi connectivity index (χ1) is 16.7. The average molecular weight is 481 g/mol. The number of para-hydroxylation sites is 2. The minimum absolute atomic E-state index is 0.0140. The van der Waals surface area contributed by atoms with E-state index < -0.39 is 0 Å². The largest absolute Gasteiger partial charge is 0.324 e. The number of carbonyl (C=O) groups excluding carboxylic acids is 2. The molecule has 0 atom stereocenters. The number of hydrogen-bond donors (Lipinski definition) is 2. The molecule has 2 N–H and O–H groups in total. The maximum absolute atomic E-state index is 12.8. The lowest BCUT2D eigenvalue weighted by Gasteiger charge is -2.25. The average Bonchev–Trinajstić information content (AvgIpc) is 2.81. The number of amides is 2. The molecule has 0 aliphatic rings. The highest BCUT2D eigenvalue weighted by Gasteiger charge is 2.15. The van der Waals surface area contributed by atoms with Crippen LogP contribution in [0.15, 0.2) is 36.4 Å². The van der Waals surface area contributed by atoms with E-state index in [1.807, 2.05) is 64.1 Å². The maximum atomic E-state index is 12.8. The minimum Gasteiger partial charge on any atom is -0.324 e. The number of aryl methyl sites for hydroxylation is 4. The molecule has 0 saturated carbocycles. The van der Waals surface area contributed by atoms with Gasteiger partial charge >= 0.3 is 0 Å². The molecule has 2 rings (SSSR count). The van der Waals surface area contributed by atoms with Crippen molar-refractivity contribution < 1.29 is 9.59 Å². The molecule has 0 saturated heterocycles. The highest BCUT2D eigenvalue weighted by Crippen LogP contribution is 2.20. The lowest BCUT2D eigenvalue weighted by atomic mass is 10.1. The molecule has 6 heteroatoms. The van der Waals surface area contributed by atoms with Crippen LogP contribution in [0.4, 0.5) is 11.4 Å². The molecule has 0 heterocycles. The number of rotatable bonds is 14. The van der Waals surface area contributed by atoms with Crippen LogP contribution in [0, 0.1) is 27.7 Å². The van der Waals surface area contributed by atoms with Crippen LogP contribution in [0.1, 0.15) is 55.4 Å². The molecule has 0 unspecified atom stereocenters. The van der Waals surface area contributed by atoms with E-state index >= 15 is 0 Å². The highest BCUT2D eigenvalue weighted by atomic mass is 16.2. The van der Waals surface area contributed by atoms with Gasteiger partial charge in [0.15, 0.2) is 0 Å². The second kappa shape index (κ2) is 14.6. The summed E-state index contributed by atoms with van der Waals surface area (Å²) in [6.45, 7) is 16.4. The summed E-state index contributed by atoms with van der Waals surface area (Å²) in [7, 11) is 0. The summed E-state index contributed by atoms with van der Waals surface area (Å²) >= 11 is 0. The third kappa shape index (κ3) is 9.46. The number of anilines is 2. The minimum atomic E-state index is 0.0140. The van der Waals surface area contributed by atoms with Crippen molar-refractivity contribution in [2.75, 3.05) is 49.9 Å². The zero-order chi connectivity index (χ0) is 25.8. The number of hydrogen-bond acceptors (Lipinski definition) is 4. The predicted octanol–water partition coefficient (Wildman–Crippen LogP) is 5.31. The van der Waals surface area contributed by atoms with E-state index in [1.54, 1.807) is 0 Å². The summed E-state index contributed by atoms with van der Waals surface area (Å²) in [5.41, 5.74) is 6.14. The molecule has 0 radical (unpaired) electrons. The van der Waals surface area contributed by atoms with Crippen LogP contribution in [0.25, 0.3) is 0 Å². The quantitative estimate of drug-likeness (QED) is 0.385. The first-order valence-electron chi connectivity index (χ1n) is 12.9. The fraction of sp³-hybridized carbons (Fsp3) is 0.517. The van der Waals surface area contributed by atoms with Crippen LogP contribution >= 0.6 is 0 Å². The van der Waals surface area contributed by atoms with Crippen LogP contribution < -0.4 is 10.6 Å². The fourth-order valence-electron chi connectivity index (χ4n) is 4.31. The van der Waals surface area contributed by atoms with Crippen molar-refractivity contribution in [3.63, 3.8) is 0 Å². The number of benzene rings is 2. The van der Waals surface area contributed by atoms with Crippen LogP contribution in [0.5, 0.6) is 0 Å². The van der Waals surface area contributed by atoms with Crippen LogP contribution in [-0.2, 0) is 9.59 Å². The molecular formula is C29H44N4O2. The Balaban J connectivity index is 1.87. The Kier molecular flexibility index (Phi) is 11.9. The molecule has 192 valence electrons. The van der Waals surface area contributed by atoms with Gasteiger partial charge in [0.05, 0.1) is 13.1 Å². The van der Waals surface area contributed by atoms with Gasteiger partial charge in [-0.2, -0.15) is 0 Å². The van der Waals surface area contributed by atoms with E-state index in [0.717, 1.165) is 79.1 Å². The van der Waals surface area contributed by atoms with Crippen LogP contribution in [0.3, 0.4) is 0 Å². The van der Waals surface area contributed by atoms with E-state index in [-0.39, 0.29) is 11.8 Å². The first-order valence-corrected chi connectivity index (χ1v) is 12.9. The van der Waals surface area contributed by atoms with Gasteiger partial charge in [-0.05, 0) is 89.0 Å². The van der Waals surface area contributed by atoms with Gasteiger partial charge in [-0.1, -0.05) is 56.7 Å². The van der Waals surface area contributed by atoms with Crippen molar-refractivity contribution in [2.24, 2.45) is 0 Å². The SMILES string of the molecule is CCCCN(CCCN(CC)CC(=O)Nc1c(C)cccc1C)CC(=O)Nc1c(C)cccc1C. The molecule has 0 bridgehead atoms. The molecule has 35 heavy (non-hydrogen) atoms. The highest BCUT2D eigenvalue weighted by molar-refractivity contribution is 5.94. The summed E-state index contributed by atoms with van der Waals surface area (Å²) in [6, 6.07) is 12.1. The molecule has 2 aromatic rings. The van der Waals surface area contributed by atoms with Crippen molar-refractivity contribution in [3.05, 3.63) is 58.7 Å². The normalized spacial score (nSPS) is 11.2. The number of unbranched alkanes of at least 4 members (excludes halogenated alkanes) is 1. The predicted molar refractivity (Wildman–Crippen MR) is 147 cm³/mol. The monoisotopic (exact) mass is 480 g/mol. The lowest BCUT2D eigenvalue weighted by molar-refractivity contribution is -0.117. The maximum Gasteiger partial charge on any atom is 0.238 e. The van der Waals surface area contributed by atoms with Gasteiger partial charge in [0.1, 0.15) is 0 Å². The number of carbonyl (C=O) groups is 2. The Bertz CT molecular complexity index is 933. The molecule has 6 nitrogen and oxygen atoms in total. The smallest absolute Gasteiger partial charge is 0.238 e. The zero-order valence-electron chi connectivity index (χ0n) is 22.5. The van der Waals surface area contributed by atoms with E-state index in [4.69, 9.17) is 0 Å². The number of likely N-dealkylation sites (N-methyl/N-ethyl adjacent to an activating group) is 1. The van der Waals surface area contributed by atoms with Gasteiger partial charge in [0.2, 0.25) is 11.8 Å². The molecule has 0 aliphatic carbocycles. The molecular weight excluding hydrogens is 436 g/mol. The Morgan fingerprint density at radius 2 is 1.06 bits per heavy atom. The third-order valence-electron chi connectivity index (χ3n) is 6.45. The Morgan fingerprint density at radius 3 is 1.49 bits per heavy atom. The Hall–Kier alpha value is -2.70. The Morgan fingerprint density at radius 1 is 0.657 bits per heavy atom. The summed E-state index contributed by atoms with van der Waals surface area (Å²) in [5, 5.41) is 6.19. The van der Waals surface area contributed by atoms with Gasteiger partial charge in [0, 0.05) is 11.4 Å². The third-order valence-corrected chi connectivity index (χ3v) is 6.45. The second-order valence-electron chi connectivity index (χ2n) is 9.48. The zero-order valence-corrected chi connectivity index (χ0v) is 22.5.